The van der Waals surface area contributed by atoms with Gasteiger partial charge in [-0.15, -0.1) is 0 Å². The fraction of sp³-hybridized carbons (Fsp3) is 0.475. The molecule has 3 aliphatic heterocycles. The summed E-state index contributed by atoms with van der Waals surface area (Å²) < 4.78 is 11.3. The topological polar surface area (TPSA) is 159 Å². The van der Waals surface area contributed by atoms with E-state index in [9.17, 15) is 24.9 Å². The minimum Gasteiger partial charge on any atom is -0.504 e. The molecule has 1 saturated heterocycles. The molecule has 4 aromatic carbocycles. The summed E-state index contributed by atoms with van der Waals surface area (Å²) in [5, 5.41) is 41.8. The maximum Gasteiger partial charge on any atom is 0.337 e. The van der Waals surface area contributed by atoms with Crippen molar-refractivity contribution >= 4 is 34.9 Å². The van der Waals surface area contributed by atoms with E-state index >= 15 is 0 Å². The van der Waals surface area contributed by atoms with Crippen molar-refractivity contribution in [2.75, 3.05) is 66.4 Å². The smallest absolute Gasteiger partial charge is 0.337 e. The number of carbonyl (C=O) groups is 2. The van der Waals surface area contributed by atoms with E-state index in [1.165, 1.54) is 58.9 Å². The molecule has 12 rings (SSSR count). The highest BCUT2D eigenvalue weighted by molar-refractivity contribution is 7.99. The molecule has 4 fully saturated rings. The van der Waals surface area contributed by atoms with E-state index in [4.69, 9.17) is 14.6 Å². The van der Waals surface area contributed by atoms with Crippen molar-refractivity contribution in [3.8, 4) is 17.2 Å². The lowest BCUT2D eigenvalue weighted by Crippen LogP contribution is -2.76. The molecule has 14 heteroatoms. The number of hydrogen-bond donors (Lipinski definition) is 4. The number of aromatic nitrogens is 1. The van der Waals surface area contributed by atoms with E-state index < -0.39 is 28.7 Å². The molecule has 7 atom stereocenters. The van der Waals surface area contributed by atoms with E-state index in [-0.39, 0.29) is 23.1 Å². The lowest BCUT2D eigenvalue weighted by molar-refractivity contribution is -0.188. The van der Waals surface area contributed by atoms with E-state index in [0.29, 0.717) is 30.6 Å². The van der Waals surface area contributed by atoms with Crippen LogP contribution in [0, 0.1) is 11.8 Å². The molecule has 1 spiro atoms. The number of anilines is 2. The van der Waals surface area contributed by atoms with E-state index in [0.717, 1.165) is 86.6 Å². The number of carbonyl (C=O) groups excluding carboxylic acids is 1. The van der Waals surface area contributed by atoms with Crippen LogP contribution in [0.5, 0.6) is 17.2 Å². The van der Waals surface area contributed by atoms with Gasteiger partial charge in [0, 0.05) is 71.8 Å². The van der Waals surface area contributed by atoms with Crippen molar-refractivity contribution < 1.29 is 39.5 Å². The van der Waals surface area contributed by atoms with Gasteiger partial charge in [-0.1, -0.05) is 67.1 Å². The zero-order valence-electron chi connectivity index (χ0n) is 43.2. The first-order chi connectivity index (χ1) is 35.1. The third kappa shape index (κ3) is 10.4. The van der Waals surface area contributed by atoms with Crippen LogP contribution >= 0.6 is 11.8 Å². The number of aliphatic hydroxyl groups is 2. The summed E-state index contributed by atoms with van der Waals surface area (Å²) in [6.45, 7) is 6.15. The fourth-order valence-corrected chi connectivity index (χ4v) is 13.4. The van der Waals surface area contributed by atoms with Gasteiger partial charge in [0.1, 0.15) is 5.75 Å². The number of carboxylic acids is 1. The number of phenolic OH excluding ortho intramolecular Hbond substituents is 1. The molecule has 73 heavy (non-hydrogen) atoms. The molecule has 3 saturated carbocycles. The van der Waals surface area contributed by atoms with Gasteiger partial charge in [-0.3, -0.25) is 14.7 Å². The van der Waals surface area contributed by atoms with Crippen molar-refractivity contribution in [3.63, 3.8) is 0 Å². The Labute approximate surface area is 435 Å². The Balaban J connectivity index is 0.000000126. The molecular weight excluding hydrogens is 939 g/mol. The average Bonchev–Trinajstić information content (AvgIpc) is 4.14. The SMILES string of the molecule is CC(CN1c2ccccc2Sc2ccccc21)N(C)C.COc1cccc([C@@]2(O)CCCC[C@@H]2CN(C)C)c1.O=C(O)c1cccnc1.O=C1CC[C@@]2(O)[C@H]3Cc4ccc(O)c5c4[C@@]2(CCN3CC2CC2)[C@H]1O5. The predicted molar refractivity (Wildman–Crippen MR) is 286 cm³/mol. The molecule has 0 amide bonds. The Morgan fingerprint density at radius 3 is 2.26 bits per heavy atom. The number of rotatable bonds is 10. The summed E-state index contributed by atoms with van der Waals surface area (Å²) in [5.74, 6) is 1.56. The third-order valence-electron chi connectivity index (χ3n) is 16.5. The number of methoxy groups -OCH3 is 1. The van der Waals surface area contributed by atoms with Gasteiger partial charge in [0.25, 0.3) is 0 Å². The first-order valence-corrected chi connectivity index (χ1v) is 26.9. The van der Waals surface area contributed by atoms with Gasteiger partial charge in [-0.05, 0) is 158 Å². The highest BCUT2D eigenvalue weighted by Gasteiger charge is 2.73. The molecule has 1 unspecified atom stereocenters. The Morgan fingerprint density at radius 2 is 1.63 bits per heavy atom. The first-order valence-electron chi connectivity index (χ1n) is 26.0. The average molecular weight is 1010 g/mol. The molecular formula is C59H73N5O8S. The van der Waals surface area contributed by atoms with Gasteiger partial charge < -0.3 is 44.6 Å². The molecule has 4 aliphatic carbocycles. The second-order valence-corrected chi connectivity index (χ2v) is 22.7. The summed E-state index contributed by atoms with van der Waals surface area (Å²) >= 11 is 1.87. The van der Waals surface area contributed by atoms with Crippen molar-refractivity contribution in [2.45, 2.75) is 116 Å². The number of Topliss-reactive ketones (excluding diaryl/α,β-unsaturated/α-hetero) is 1. The maximum absolute atomic E-state index is 12.7. The first kappa shape index (κ1) is 52.4. The normalized spacial score (nSPS) is 26.5. The number of hydrogen-bond acceptors (Lipinski definition) is 13. The van der Waals surface area contributed by atoms with Crippen molar-refractivity contribution in [1.29, 1.82) is 0 Å². The number of aromatic hydroxyl groups is 1. The van der Waals surface area contributed by atoms with Crippen LogP contribution in [0.2, 0.25) is 0 Å². The van der Waals surface area contributed by atoms with Crippen LogP contribution in [0.4, 0.5) is 11.4 Å². The molecule has 13 nitrogen and oxygen atoms in total. The second kappa shape index (κ2) is 21.8. The van der Waals surface area contributed by atoms with Gasteiger partial charge in [0.15, 0.2) is 23.4 Å². The van der Waals surface area contributed by atoms with Crippen molar-refractivity contribution in [1.82, 2.24) is 19.7 Å². The molecule has 2 bridgehead atoms. The number of likely N-dealkylation sites (N-methyl/N-ethyl adjacent to an activating group) is 1. The molecule has 7 aliphatic rings. The summed E-state index contributed by atoms with van der Waals surface area (Å²) in [6.07, 6.45) is 11.4. The number of para-hydroxylation sites is 2. The highest BCUT2D eigenvalue weighted by atomic mass is 32.2. The number of ether oxygens (including phenoxy) is 2. The Kier molecular flexibility index (Phi) is 15.6. The number of phenols is 1. The van der Waals surface area contributed by atoms with Crippen LogP contribution in [0.3, 0.4) is 0 Å². The summed E-state index contributed by atoms with van der Waals surface area (Å²) in [5.41, 5.74) is 3.61. The summed E-state index contributed by atoms with van der Waals surface area (Å²) in [6, 6.07) is 32.5. The largest absolute Gasteiger partial charge is 0.504 e. The van der Waals surface area contributed by atoms with Crippen LogP contribution < -0.4 is 14.4 Å². The summed E-state index contributed by atoms with van der Waals surface area (Å²) in [4.78, 5) is 38.6. The molecule has 388 valence electrons. The number of fused-ring (bicyclic) bond motifs is 2. The molecule has 0 radical (unpaired) electrons. The van der Waals surface area contributed by atoms with E-state index in [2.05, 4.69) is 108 Å². The molecule has 4 N–H and O–H groups in total. The number of carboxylic acid groups (broad SMARTS) is 1. The van der Waals surface area contributed by atoms with Gasteiger partial charge in [0.05, 0.1) is 40.7 Å². The number of aromatic carboxylic acids is 1. The zero-order valence-corrected chi connectivity index (χ0v) is 44.1. The third-order valence-corrected chi connectivity index (χ3v) is 17.6. The Hall–Kier alpha value is -5.48. The van der Waals surface area contributed by atoms with E-state index in [1.807, 2.05) is 42.1 Å². The molecule has 4 heterocycles. The van der Waals surface area contributed by atoms with Crippen molar-refractivity contribution in [2.24, 2.45) is 11.8 Å². The minimum atomic E-state index is -0.942. The van der Waals surface area contributed by atoms with Gasteiger partial charge in [-0.2, -0.15) is 0 Å². The monoisotopic (exact) mass is 1010 g/mol. The number of piperidine rings is 1. The standard InChI is InChI=1S/C20H23NO4.C17H20N2S.C16H25NO2.C6H5NO2/c22-13-4-3-12-9-15-20(24)6-5-14(23)18-19(20,16(12)17(13)25-18)7-8-21(15)10-11-1-2-11;1-13(18(2)3)12-19-14-8-4-6-10-16(14)20-17-11-7-5-9-15(17)19;1-17(2)12-14-7-4-5-10-16(14,18)13-8-6-9-15(11-13)19-3;8-6(9)5-2-1-3-7-4-5/h3-4,11,15,18,22,24H,1-2,5-10H2;4-11,13H,12H2,1-3H3;6,8-9,11,14,18H,4-5,7,10,12H2,1-3H3;1-4H,(H,8,9)/t15-,18+,19+,20-;;14-,16+;/m1.1./s1. The van der Waals surface area contributed by atoms with Gasteiger partial charge in [-0.25, -0.2) is 4.79 Å². The molecule has 1 aromatic heterocycles. The zero-order chi connectivity index (χ0) is 51.7. The van der Waals surface area contributed by atoms with Crippen molar-refractivity contribution in [3.05, 3.63) is 132 Å². The Morgan fingerprint density at radius 1 is 0.904 bits per heavy atom. The van der Waals surface area contributed by atoms with E-state index in [1.54, 1.807) is 19.2 Å². The van der Waals surface area contributed by atoms with Gasteiger partial charge in [0.2, 0.25) is 0 Å². The maximum atomic E-state index is 12.7. The number of nitrogens with zero attached hydrogens (tertiary/aromatic N) is 5. The predicted octanol–water partition coefficient (Wildman–Crippen LogP) is 9.18. The fourth-order valence-electron chi connectivity index (χ4n) is 12.3. The number of likely N-dealkylation sites (tertiary alicyclic amines) is 1. The Bertz CT molecular complexity index is 2710. The van der Waals surface area contributed by atoms with Crippen LogP contribution in [-0.2, 0) is 22.2 Å². The quantitative estimate of drug-likeness (QED) is 0.105. The highest BCUT2D eigenvalue weighted by Crippen LogP contribution is 2.65. The lowest BCUT2D eigenvalue weighted by atomic mass is 9.49. The van der Waals surface area contributed by atoms with Gasteiger partial charge >= 0.3 is 5.97 Å². The lowest BCUT2D eigenvalue weighted by Gasteiger charge is -2.62. The summed E-state index contributed by atoms with van der Waals surface area (Å²) in [7, 11) is 10.1. The number of ketones is 1. The number of benzene rings is 4. The number of pyridine rings is 1. The molecule has 5 aromatic rings. The minimum absolute atomic E-state index is 0.0454. The second-order valence-electron chi connectivity index (χ2n) is 21.6. The van der Waals surface area contributed by atoms with Crippen LogP contribution in [-0.4, -0.2) is 137 Å². The van der Waals surface area contributed by atoms with Crippen LogP contribution in [0.25, 0.3) is 0 Å². The van der Waals surface area contributed by atoms with Crippen LogP contribution in [0.15, 0.2) is 119 Å². The van der Waals surface area contributed by atoms with Crippen LogP contribution in [0.1, 0.15) is 91.8 Å².